The van der Waals surface area contributed by atoms with Gasteiger partial charge in [0, 0.05) is 0 Å². The lowest BCUT2D eigenvalue weighted by Gasteiger charge is -2.06. The summed E-state index contributed by atoms with van der Waals surface area (Å²) in [6.07, 6.45) is -0.269. The van der Waals surface area contributed by atoms with E-state index in [1.54, 1.807) is 48.5 Å². The van der Waals surface area contributed by atoms with Crippen LogP contribution in [0.3, 0.4) is 0 Å². The van der Waals surface area contributed by atoms with Crippen LogP contribution in [-0.2, 0) is 15.5 Å². The molecule has 5 nitrogen and oxygen atoms in total. The van der Waals surface area contributed by atoms with Crippen LogP contribution in [0.15, 0.2) is 48.5 Å². The van der Waals surface area contributed by atoms with Crippen LogP contribution in [-0.4, -0.2) is 22.9 Å². The van der Waals surface area contributed by atoms with E-state index < -0.39 is 13.6 Å². The van der Waals surface area contributed by atoms with Gasteiger partial charge in [-0.15, -0.1) is 0 Å². The largest absolute Gasteiger partial charge is 0.465 e. The first-order valence-electron chi connectivity index (χ1n) is 6.21. The Morgan fingerprint density at radius 3 is 1.90 bits per heavy atom. The van der Waals surface area contributed by atoms with Crippen molar-refractivity contribution in [2.75, 3.05) is 7.11 Å². The molecule has 0 aromatic heterocycles. The molecule has 21 heavy (non-hydrogen) atoms. The molecule has 2 N–H and O–H groups in total. The van der Waals surface area contributed by atoms with Gasteiger partial charge in [-0.05, 0) is 28.8 Å². The summed E-state index contributed by atoms with van der Waals surface area (Å²) >= 11 is 0. The molecule has 0 bridgehead atoms. The van der Waals surface area contributed by atoms with Gasteiger partial charge in [0.15, 0.2) is 0 Å². The number of rotatable bonds is 4. The first kappa shape index (κ1) is 15.4. The summed E-state index contributed by atoms with van der Waals surface area (Å²) in [5.74, 6) is -0.390. The number of ether oxygens (including phenoxy) is 1. The minimum absolute atomic E-state index is 0.269. The van der Waals surface area contributed by atoms with E-state index in [1.165, 1.54) is 7.11 Å². The highest BCUT2D eigenvalue weighted by Gasteiger charge is 2.13. The van der Waals surface area contributed by atoms with E-state index in [0.29, 0.717) is 11.1 Å². The van der Waals surface area contributed by atoms with E-state index >= 15 is 0 Å². The van der Waals surface area contributed by atoms with E-state index in [2.05, 4.69) is 4.74 Å². The van der Waals surface area contributed by atoms with Crippen molar-refractivity contribution in [2.24, 2.45) is 0 Å². The summed E-state index contributed by atoms with van der Waals surface area (Å²) in [5.41, 5.74) is 2.86. The summed E-state index contributed by atoms with van der Waals surface area (Å²) in [5, 5.41) is 0. The van der Waals surface area contributed by atoms with Crippen molar-refractivity contribution in [3.05, 3.63) is 59.7 Å². The van der Waals surface area contributed by atoms with Crippen LogP contribution >= 0.6 is 7.60 Å². The molecule has 0 aliphatic heterocycles. The third-order valence-corrected chi connectivity index (χ3v) is 3.76. The maximum atomic E-state index is 11.3. The molecule has 0 unspecified atom stereocenters. The molecule has 0 fully saturated rings. The average molecular weight is 306 g/mol. The topological polar surface area (TPSA) is 83.8 Å². The van der Waals surface area contributed by atoms with Gasteiger partial charge in [-0.3, -0.25) is 4.57 Å². The molecule has 6 heteroatoms. The number of hydrogen-bond donors (Lipinski definition) is 2. The molecule has 110 valence electrons. The van der Waals surface area contributed by atoms with Crippen LogP contribution in [0.1, 0.15) is 15.9 Å². The van der Waals surface area contributed by atoms with Gasteiger partial charge >= 0.3 is 13.6 Å². The fraction of sp³-hybridized carbons (Fsp3) is 0.133. The highest BCUT2D eigenvalue weighted by molar-refractivity contribution is 7.50. The van der Waals surface area contributed by atoms with Crippen molar-refractivity contribution in [3.63, 3.8) is 0 Å². The lowest BCUT2D eigenvalue weighted by atomic mass is 10.0. The SMILES string of the molecule is COC(=O)c1ccc(-c2ccc(CP(=O)(O)O)cc2)cc1. The van der Waals surface area contributed by atoms with Crippen LogP contribution in [0.5, 0.6) is 0 Å². The average Bonchev–Trinajstić information content (AvgIpc) is 2.46. The Morgan fingerprint density at radius 2 is 1.48 bits per heavy atom. The minimum atomic E-state index is -4.05. The van der Waals surface area contributed by atoms with E-state index in [0.717, 1.165) is 11.1 Å². The fourth-order valence-electron chi connectivity index (χ4n) is 1.96. The molecule has 2 rings (SSSR count). The fourth-order valence-corrected chi connectivity index (χ4v) is 2.64. The number of benzene rings is 2. The summed E-state index contributed by atoms with van der Waals surface area (Å²) in [4.78, 5) is 29.2. The molecule has 0 amide bonds. The zero-order valence-electron chi connectivity index (χ0n) is 11.4. The molecule has 2 aromatic carbocycles. The zero-order chi connectivity index (χ0) is 15.5. The Hall–Kier alpha value is -1.94. The lowest BCUT2D eigenvalue weighted by molar-refractivity contribution is 0.0600. The van der Waals surface area contributed by atoms with Crippen LogP contribution in [0.4, 0.5) is 0 Å². The standard InChI is InChI=1S/C15H15O5P/c1-20-15(16)14-8-6-13(7-9-14)12-4-2-11(3-5-12)10-21(17,18)19/h2-9H,10H2,1H3,(H2,17,18,19). The van der Waals surface area contributed by atoms with Gasteiger partial charge in [0.1, 0.15) is 0 Å². The minimum Gasteiger partial charge on any atom is -0.465 e. The highest BCUT2D eigenvalue weighted by Crippen LogP contribution is 2.39. The smallest absolute Gasteiger partial charge is 0.337 e. The quantitative estimate of drug-likeness (QED) is 0.670. The van der Waals surface area contributed by atoms with E-state index in [9.17, 15) is 9.36 Å². The van der Waals surface area contributed by atoms with Gasteiger partial charge in [0.05, 0.1) is 18.8 Å². The van der Waals surface area contributed by atoms with Gasteiger partial charge in [0.2, 0.25) is 0 Å². The maximum absolute atomic E-state index is 11.3. The van der Waals surface area contributed by atoms with Crippen molar-refractivity contribution < 1.29 is 23.9 Å². The Balaban J connectivity index is 2.19. The molecule has 0 spiro atoms. The van der Waals surface area contributed by atoms with Gasteiger partial charge < -0.3 is 14.5 Å². The third-order valence-electron chi connectivity index (χ3n) is 2.98. The molecule has 0 saturated carbocycles. The van der Waals surface area contributed by atoms with E-state index in [4.69, 9.17) is 9.79 Å². The summed E-state index contributed by atoms with van der Waals surface area (Å²) in [6.45, 7) is 0. The molecule has 0 atom stereocenters. The highest BCUT2D eigenvalue weighted by atomic mass is 31.2. The Labute approximate surface area is 122 Å². The lowest BCUT2D eigenvalue weighted by Crippen LogP contribution is -2.00. The second-order valence-corrected chi connectivity index (χ2v) is 6.23. The Kier molecular flexibility index (Phi) is 4.58. The van der Waals surface area contributed by atoms with Crippen molar-refractivity contribution in [1.29, 1.82) is 0 Å². The normalized spacial score (nSPS) is 11.2. The van der Waals surface area contributed by atoms with Gasteiger partial charge in [-0.25, -0.2) is 4.79 Å². The molecule has 0 saturated heterocycles. The third kappa shape index (κ3) is 4.26. The second-order valence-electron chi connectivity index (χ2n) is 4.59. The Morgan fingerprint density at radius 1 is 1.00 bits per heavy atom. The van der Waals surface area contributed by atoms with Crippen molar-refractivity contribution in [3.8, 4) is 11.1 Å². The van der Waals surface area contributed by atoms with Crippen LogP contribution < -0.4 is 0 Å². The first-order chi connectivity index (χ1) is 9.89. The van der Waals surface area contributed by atoms with Crippen LogP contribution in [0.2, 0.25) is 0 Å². The van der Waals surface area contributed by atoms with E-state index in [-0.39, 0.29) is 6.16 Å². The number of hydrogen-bond acceptors (Lipinski definition) is 3. The van der Waals surface area contributed by atoms with E-state index in [1.807, 2.05) is 0 Å². The molecular formula is C15H15O5P. The predicted octanol–water partition coefficient (Wildman–Crippen LogP) is 2.82. The van der Waals surface area contributed by atoms with Gasteiger partial charge in [-0.2, -0.15) is 0 Å². The Bertz CT molecular complexity index is 670. The molecule has 0 heterocycles. The van der Waals surface area contributed by atoms with Crippen molar-refractivity contribution >= 4 is 13.6 Å². The second kappa shape index (κ2) is 6.22. The maximum Gasteiger partial charge on any atom is 0.337 e. The van der Waals surface area contributed by atoms with Crippen molar-refractivity contribution in [1.82, 2.24) is 0 Å². The van der Waals surface area contributed by atoms with Crippen molar-refractivity contribution in [2.45, 2.75) is 6.16 Å². The molecule has 0 aliphatic carbocycles. The zero-order valence-corrected chi connectivity index (χ0v) is 12.3. The number of esters is 1. The van der Waals surface area contributed by atoms with Gasteiger partial charge in [-0.1, -0.05) is 36.4 Å². The number of carbonyl (C=O) groups excluding carboxylic acids is 1. The first-order valence-corrected chi connectivity index (χ1v) is 8.01. The van der Waals surface area contributed by atoms with Gasteiger partial charge in [0.25, 0.3) is 0 Å². The molecule has 0 aliphatic rings. The number of carbonyl (C=O) groups is 1. The monoisotopic (exact) mass is 306 g/mol. The summed E-state index contributed by atoms with van der Waals surface area (Å²) < 4.78 is 15.6. The molecule has 0 radical (unpaired) electrons. The summed E-state index contributed by atoms with van der Waals surface area (Å²) in [6, 6.07) is 13.9. The number of methoxy groups -OCH3 is 1. The molecule has 2 aromatic rings. The van der Waals surface area contributed by atoms with Crippen LogP contribution in [0, 0.1) is 0 Å². The summed E-state index contributed by atoms with van der Waals surface area (Å²) in [7, 11) is -2.72. The predicted molar refractivity (Wildman–Crippen MR) is 79.0 cm³/mol. The molecular weight excluding hydrogens is 291 g/mol. The van der Waals surface area contributed by atoms with Crippen LogP contribution in [0.25, 0.3) is 11.1 Å².